The van der Waals surface area contributed by atoms with Crippen LogP contribution in [0.1, 0.15) is 16.1 Å². The molecule has 0 atom stereocenters. The summed E-state index contributed by atoms with van der Waals surface area (Å²) in [5.74, 6) is 0.00211. The third kappa shape index (κ3) is 2.58. The van der Waals surface area contributed by atoms with Crippen LogP contribution >= 0.6 is 0 Å². The van der Waals surface area contributed by atoms with Gasteiger partial charge in [-0.3, -0.25) is 9.59 Å². The van der Waals surface area contributed by atoms with Gasteiger partial charge in [-0.1, -0.05) is 18.2 Å². The molecule has 0 saturated carbocycles. The molecule has 0 aliphatic carbocycles. The molecule has 5 nitrogen and oxygen atoms in total. The number of hydrogen-bond donors (Lipinski definition) is 1. The Morgan fingerprint density at radius 2 is 2.05 bits per heavy atom. The minimum Gasteiger partial charge on any atom is -0.459 e. The number of fused-ring (bicyclic) bond motifs is 1. The van der Waals surface area contributed by atoms with Gasteiger partial charge in [0.2, 0.25) is 0 Å². The maximum atomic E-state index is 12.1. The number of benzene rings is 1. The number of amides is 1. The highest BCUT2D eigenvalue weighted by molar-refractivity contribution is 5.91. The number of carbonyl (C=O) groups excluding carboxylic acids is 1. The summed E-state index contributed by atoms with van der Waals surface area (Å²) in [4.78, 5) is 28.4. The van der Waals surface area contributed by atoms with Gasteiger partial charge >= 0.3 is 0 Å². The van der Waals surface area contributed by atoms with E-state index in [0.717, 1.165) is 10.9 Å². The first-order chi connectivity index (χ1) is 10.1. The number of para-hydroxylation sites is 1. The van der Waals surface area contributed by atoms with Crippen LogP contribution < -0.4 is 5.56 Å². The summed E-state index contributed by atoms with van der Waals surface area (Å²) in [7, 11) is 1.64. The van der Waals surface area contributed by atoms with Crippen molar-refractivity contribution in [3.8, 4) is 0 Å². The molecular weight excluding hydrogens is 268 g/mol. The Morgan fingerprint density at radius 1 is 1.24 bits per heavy atom. The van der Waals surface area contributed by atoms with E-state index in [4.69, 9.17) is 4.42 Å². The van der Waals surface area contributed by atoms with Gasteiger partial charge < -0.3 is 14.3 Å². The topological polar surface area (TPSA) is 66.3 Å². The van der Waals surface area contributed by atoms with Gasteiger partial charge in [-0.15, -0.1) is 0 Å². The van der Waals surface area contributed by atoms with E-state index in [-0.39, 0.29) is 23.8 Å². The molecule has 1 N–H and O–H groups in total. The average Bonchev–Trinajstić information content (AvgIpc) is 3.01. The Hall–Kier alpha value is -2.82. The monoisotopic (exact) mass is 282 g/mol. The second kappa shape index (κ2) is 5.28. The van der Waals surface area contributed by atoms with Crippen molar-refractivity contribution in [3.05, 3.63) is 70.4 Å². The average molecular weight is 282 g/mol. The number of aromatic amines is 1. The summed E-state index contributed by atoms with van der Waals surface area (Å²) >= 11 is 0. The number of pyridine rings is 1. The Morgan fingerprint density at radius 3 is 2.81 bits per heavy atom. The third-order valence-corrected chi connectivity index (χ3v) is 3.32. The molecule has 0 saturated heterocycles. The molecule has 1 aromatic carbocycles. The first kappa shape index (κ1) is 13.2. The van der Waals surface area contributed by atoms with E-state index in [1.165, 1.54) is 11.2 Å². The van der Waals surface area contributed by atoms with Crippen LogP contribution in [0.3, 0.4) is 0 Å². The molecule has 3 rings (SSSR count). The van der Waals surface area contributed by atoms with Gasteiger partial charge in [0.05, 0.1) is 12.8 Å². The Kier molecular flexibility index (Phi) is 3.31. The second-order valence-electron chi connectivity index (χ2n) is 4.85. The van der Waals surface area contributed by atoms with Gasteiger partial charge in [-0.2, -0.15) is 0 Å². The van der Waals surface area contributed by atoms with Crippen LogP contribution in [0.25, 0.3) is 10.9 Å². The highest BCUT2D eigenvalue weighted by atomic mass is 16.3. The number of aromatic nitrogens is 1. The van der Waals surface area contributed by atoms with Gasteiger partial charge in [0.15, 0.2) is 5.76 Å². The molecule has 1 amide bonds. The van der Waals surface area contributed by atoms with E-state index in [2.05, 4.69) is 4.98 Å². The summed E-state index contributed by atoms with van der Waals surface area (Å²) in [6, 6.07) is 12.6. The number of H-pyrrole nitrogens is 1. The van der Waals surface area contributed by atoms with E-state index < -0.39 is 0 Å². The molecule has 3 aromatic rings. The van der Waals surface area contributed by atoms with Crippen LogP contribution in [-0.2, 0) is 6.54 Å². The van der Waals surface area contributed by atoms with E-state index in [9.17, 15) is 9.59 Å². The number of nitrogens with one attached hydrogen (secondary N) is 1. The number of hydrogen-bond acceptors (Lipinski definition) is 3. The zero-order chi connectivity index (χ0) is 14.8. The lowest BCUT2D eigenvalue weighted by Crippen LogP contribution is -2.29. The molecule has 0 aliphatic rings. The Balaban J connectivity index is 1.89. The van der Waals surface area contributed by atoms with Gasteiger partial charge in [-0.05, 0) is 29.7 Å². The zero-order valence-corrected chi connectivity index (χ0v) is 11.5. The van der Waals surface area contributed by atoms with Crippen molar-refractivity contribution in [2.45, 2.75) is 6.54 Å². The smallest absolute Gasteiger partial charge is 0.289 e. The van der Waals surface area contributed by atoms with Crippen molar-refractivity contribution in [1.29, 1.82) is 0 Å². The van der Waals surface area contributed by atoms with Crippen LogP contribution in [0.5, 0.6) is 0 Å². The first-order valence-corrected chi connectivity index (χ1v) is 6.55. The molecule has 0 spiro atoms. The standard InChI is InChI=1S/C16H14N2O3/c1-18(16(20)14-7-4-8-21-14)10-12-9-11-5-2-3-6-13(11)17-15(12)19/h2-9H,10H2,1H3,(H,17,19). The van der Waals surface area contributed by atoms with Crippen molar-refractivity contribution in [1.82, 2.24) is 9.88 Å². The largest absolute Gasteiger partial charge is 0.459 e. The Bertz CT molecular complexity index is 834. The predicted octanol–water partition coefficient (Wildman–Crippen LogP) is 2.39. The summed E-state index contributed by atoms with van der Waals surface area (Å²) in [5, 5.41) is 0.936. The van der Waals surface area contributed by atoms with Crippen molar-refractivity contribution in [3.63, 3.8) is 0 Å². The summed E-state index contributed by atoms with van der Waals surface area (Å²) in [6.07, 6.45) is 1.45. The maximum absolute atomic E-state index is 12.1. The summed E-state index contributed by atoms with van der Waals surface area (Å²) in [6.45, 7) is 0.222. The first-order valence-electron chi connectivity index (χ1n) is 6.55. The molecule has 0 radical (unpaired) electrons. The number of carbonyl (C=O) groups is 1. The fraction of sp³-hybridized carbons (Fsp3) is 0.125. The Labute approximate surface area is 120 Å². The molecule has 0 bridgehead atoms. The lowest BCUT2D eigenvalue weighted by atomic mass is 10.1. The summed E-state index contributed by atoms with van der Waals surface area (Å²) in [5.41, 5.74) is 1.13. The minimum absolute atomic E-state index is 0.187. The molecule has 2 heterocycles. The summed E-state index contributed by atoms with van der Waals surface area (Å²) < 4.78 is 5.08. The molecule has 0 aliphatic heterocycles. The van der Waals surface area contributed by atoms with Crippen LogP contribution in [0.4, 0.5) is 0 Å². The second-order valence-corrected chi connectivity index (χ2v) is 4.85. The normalized spacial score (nSPS) is 10.7. The third-order valence-electron chi connectivity index (χ3n) is 3.32. The molecule has 21 heavy (non-hydrogen) atoms. The number of furan rings is 1. The van der Waals surface area contributed by atoms with Gasteiger partial charge in [0, 0.05) is 18.1 Å². The van der Waals surface area contributed by atoms with Crippen molar-refractivity contribution in [2.75, 3.05) is 7.05 Å². The van der Waals surface area contributed by atoms with Crippen LogP contribution in [0, 0.1) is 0 Å². The maximum Gasteiger partial charge on any atom is 0.289 e. The van der Waals surface area contributed by atoms with E-state index in [0.29, 0.717) is 5.56 Å². The minimum atomic E-state index is -0.257. The van der Waals surface area contributed by atoms with Crippen molar-refractivity contribution in [2.24, 2.45) is 0 Å². The van der Waals surface area contributed by atoms with Gasteiger partial charge in [0.25, 0.3) is 11.5 Å². The highest BCUT2D eigenvalue weighted by Gasteiger charge is 2.16. The molecule has 106 valence electrons. The highest BCUT2D eigenvalue weighted by Crippen LogP contribution is 2.12. The zero-order valence-electron chi connectivity index (χ0n) is 11.5. The lowest BCUT2D eigenvalue weighted by molar-refractivity contribution is 0.0753. The van der Waals surface area contributed by atoms with Gasteiger partial charge in [-0.25, -0.2) is 0 Å². The fourth-order valence-corrected chi connectivity index (χ4v) is 2.23. The van der Waals surface area contributed by atoms with E-state index in [1.54, 1.807) is 25.2 Å². The molecular formula is C16H14N2O3. The SMILES string of the molecule is CN(Cc1cc2ccccc2[nH]c1=O)C(=O)c1ccco1. The van der Waals surface area contributed by atoms with Crippen LogP contribution in [-0.4, -0.2) is 22.8 Å². The van der Waals surface area contributed by atoms with Crippen molar-refractivity contribution < 1.29 is 9.21 Å². The lowest BCUT2D eigenvalue weighted by Gasteiger charge is -2.15. The number of nitrogens with zero attached hydrogens (tertiary/aromatic N) is 1. The van der Waals surface area contributed by atoms with Crippen LogP contribution in [0.15, 0.2) is 57.9 Å². The van der Waals surface area contributed by atoms with Crippen LogP contribution in [0.2, 0.25) is 0 Å². The van der Waals surface area contributed by atoms with E-state index >= 15 is 0 Å². The predicted molar refractivity (Wildman–Crippen MR) is 79.1 cm³/mol. The van der Waals surface area contributed by atoms with Crippen molar-refractivity contribution >= 4 is 16.8 Å². The quantitative estimate of drug-likeness (QED) is 0.802. The van der Waals surface area contributed by atoms with Gasteiger partial charge in [0.1, 0.15) is 0 Å². The molecule has 2 aromatic heterocycles. The fourth-order valence-electron chi connectivity index (χ4n) is 2.23. The molecule has 0 unspecified atom stereocenters. The molecule has 0 fully saturated rings. The number of rotatable bonds is 3. The van der Waals surface area contributed by atoms with E-state index in [1.807, 2.05) is 24.3 Å². The molecule has 5 heteroatoms.